The number of piperidine rings is 1. The Labute approximate surface area is 142 Å². The van der Waals surface area contributed by atoms with E-state index in [0.29, 0.717) is 43.9 Å². The van der Waals surface area contributed by atoms with Crippen LogP contribution in [0.25, 0.3) is 0 Å². The van der Waals surface area contributed by atoms with Crippen LogP contribution in [0, 0.1) is 19.8 Å². The lowest BCUT2D eigenvalue weighted by atomic mass is 9.87. The number of likely N-dealkylation sites (tertiary alicyclic amines) is 1. The van der Waals surface area contributed by atoms with Gasteiger partial charge in [0.25, 0.3) is 0 Å². The Morgan fingerprint density at radius 1 is 1.21 bits per heavy atom. The molecule has 6 nitrogen and oxygen atoms in total. The summed E-state index contributed by atoms with van der Waals surface area (Å²) in [5.74, 6) is 1.76. The zero-order valence-electron chi connectivity index (χ0n) is 14.5. The van der Waals surface area contributed by atoms with Gasteiger partial charge in [-0.3, -0.25) is 9.59 Å². The van der Waals surface area contributed by atoms with E-state index in [-0.39, 0.29) is 23.7 Å². The van der Waals surface area contributed by atoms with Gasteiger partial charge in [0.05, 0.1) is 6.54 Å². The highest BCUT2D eigenvalue weighted by Crippen LogP contribution is 2.26. The summed E-state index contributed by atoms with van der Waals surface area (Å²) in [4.78, 5) is 34.5. The lowest BCUT2D eigenvalue weighted by Gasteiger charge is -2.35. The fourth-order valence-electron chi connectivity index (χ4n) is 3.59. The third-order valence-corrected chi connectivity index (χ3v) is 4.81. The third-order valence-electron chi connectivity index (χ3n) is 4.81. The second-order valence-corrected chi connectivity index (χ2v) is 6.87. The number of Topliss-reactive ketones (excluding diaryl/α,β-unsaturated/α-hetero) is 1. The van der Waals surface area contributed by atoms with Crippen molar-refractivity contribution in [2.75, 3.05) is 13.1 Å². The molecule has 24 heavy (non-hydrogen) atoms. The van der Waals surface area contributed by atoms with Crippen molar-refractivity contribution in [3.63, 3.8) is 0 Å². The Balaban J connectivity index is 1.59. The van der Waals surface area contributed by atoms with E-state index < -0.39 is 0 Å². The van der Waals surface area contributed by atoms with Crippen LogP contribution in [-0.4, -0.2) is 45.8 Å². The highest BCUT2D eigenvalue weighted by atomic mass is 16.5. The number of nitrogens with zero attached hydrogens (tertiary/aromatic N) is 3. The molecule has 0 N–H and O–H groups in total. The predicted octanol–water partition coefficient (Wildman–Crippen LogP) is 2.22. The normalized spacial score (nSPS) is 22.5. The molecule has 2 aliphatic rings. The van der Waals surface area contributed by atoms with Gasteiger partial charge in [-0.1, -0.05) is 0 Å². The van der Waals surface area contributed by atoms with Gasteiger partial charge >= 0.3 is 0 Å². The molecule has 1 aromatic heterocycles. The zero-order chi connectivity index (χ0) is 17.1. The first-order chi connectivity index (χ1) is 11.5. The molecular formula is C18H25N3O3. The van der Waals surface area contributed by atoms with Crippen LogP contribution in [0.1, 0.15) is 50.0 Å². The summed E-state index contributed by atoms with van der Waals surface area (Å²) in [6.07, 6.45) is 4.32. The predicted molar refractivity (Wildman–Crippen MR) is 88.7 cm³/mol. The second-order valence-electron chi connectivity index (χ2n) is 6.87. The molecule has 1 aliphatic carbocycles. The van der Waals surface area contributed by atoms with Crippen LogP contribution in [0.3, 0.4) is 0 Å². The van der Waals surface area contributed by atoms with E-state index >= 15 is 0 Å². The summed E-state index contributed by atoms with van der Waals surface area (Å²) in [6.45, 7) is 5.15. The lowest BCUT2D eigenvalue weighted by molar-refractivity contribution is -0.140. The topological polar surface area (TPSA) is 72.4 Å². The van der Waals surface area contributed by atoms with Gasteiger partial charge in [0, 0.05) is 37.1 Å². The molecule has 6 heteroatoms. The summed E-state index contributed by atoms with van der Waals surface area (Å²) in [5.41, 5.74) is 0.883. The van der Waals surface area contributed by atoms with Crippen LogP contribution in [0.5, 0.6) is 5.88 Å². The highest BCUT2D eigenvalue weighted by Gasteiger charge is 2.32. The lowest BCUT2D eigenvalue weighted by Crippen LogP contribution is -2.47. The maximum absolute atomic E-state index is 12.7. The second kappa shape index (κ2) is 7.28. The minimum atomic E-state index is -0.0263. The van der Waals surface area contributed by atoms with Gasteiger partial charge in [-0.2, -0.15) is 4.98 Å². The summed E-state index contributed by atoms with van der Waals surface area (Å²) < 4.78 is 6.00. The van der Waals surface area contributed by atoms with Crippen molar-refractivity contribution in [2.45, 2.75) is 58.5 Å². The first-order valence-corrected chi connectivity index (χ1v) is 8.80. The molecule has 0 aromatic carbocycles. The number of aryl methyl sites for hydroxylation is 2. The van der Waals surface area contributed by atoms with Gasteiger partial charge in [-0.05, 0) is 39.5 Å². The van der Waals surface area contributed by atoms with E-state index in [2.05, 4.69) is 9.97 Å². The average molecular weight is 331 g/mol. The molecule has 130 valence electrons. The van der Waals surface area contributed by atoms with Crippen molar-refractivity contribution in [1.29, 1.82) is 0 Å². The van der Waals surface area contributed by atoms with Gasteiger partial charge in [-0.15, -0.1) is 0 Å². The van der Waals surface area contributed by atoms with Crippen LogP contribution < -0.4 is 4.74 Å². The molecule has 2 heterocycles. The number of amides is 1. The average Bonchev–Trinajstić information content (AvgIpc) is 2.54. The third kappa shape index (κ3) is 4.10. The minimum absolute atomic E-state index is 0.00462. The monoisotopic (exact) mass is 331 g/mol. The molecule has 0 radical (unpaired) electrons. The molecule has 1 atom stereocenters. The van der Waals surface area contributed by atoms with E-state index in [0.717, 1.165) is 25.1 Å². The Kier molecular flexibility index (Phi) is 5.11. The minimum Gasteiger partial charge on any atom is -0.472 e. The van der Waals surface area contributed by atoms with Crippen molar-refractivity contribution in [3.05, 3.63) is 17.6 Å². The molecule has 1 unspecified atom stereocenters. The number of ether oxygens (including phenoxy) is 1. The Bertz CT molecular complexity index is 602. The number of aromatic nitrogens is 2. The van der Waals surface area contributed by atoms with E-state index in [1.165, 1.54) is 0 Å². The molecule has 3 rings (SSSR count). The summed E-state index contributed by atoms with van der Waals surface area (Å²) >= 11 is 0. The van der Waals surface area contributed by atoms with Crippen molar-refractivity contribution in [1.82, 2.24) is 14.9 Å². The Morgan fingerprint density at radius 2 is 1.96 bits per heavy atom. The summed E-state index contributed by atoms with van der Waals surface area (Å²) in [6, 6.07) is 1.83. The molecule has 1 saturated carbocycles. The fourth-order valence-corrected chi connectivity index (χ4v) is 3.59. The van der Waals surface area contributed by atoms with Crippen LogP contribution in [0.2, 0.25) is 0 Å². The number of ketones is 1. The van der Waals surface area contributed by atoms with Crippen LogP contribution in [0.4, 0.5) is 0 Å². The summed E-state index contributed by atoms with van der Waals surface area (Å²) in [7, 11) is 0. The molecule has 1 saturated heterocycles. The van der Waals surface area contributed by atoms with Crippen molar-refractivity contribution >= 4 is 11.7 Å². The van der Waals surface area contributed by atoms with Crippen molar-refractivity contribution in [2.24, 2.45) is 5.92 Å². The van der Waals surface area contributed by atoms with E-state index in [9.17, 15) is 9.59 Å². The maximum atomic E-state index is 12.7. The molecule has 1 aromatic rings. The van der Waals surface area contributed by atoms with Crippen LogP contribution in [0.15, 0.2) is 6.07 Å². The SMILES string of the molecule is Cc1cc(OC2CCCN(C(=O)C3CCC(=O)CC3)C2)nc(C)n1. The van der Waals surface area contributed by atoms with Crippen molar-refractivity contribution in [3.8, 4) is 5.88 Å². The quantitative estimate of drug-likeness (QED) is 0.849. The number of rotatable bonds is 3. The van der Waals surface area contributed by atoms with Crippen LogP contribution in [-0.2, 0) is 9.59 Å². The van der Waals surface area contributed by atoms with Crippen molar-refractivity contribution < 1.29 is 14.3 Å². The smallest absolute Gasteiger partial charge is 0.225 e. The molecular weight excluding hydrogens is 306 g/mol. The highest BCUT2D eigenvalue weighted by molar-refractivity contribution is 5.84. The van der Waals surface area contributed by atoms with Crippen LogP contribution >= 0.6 is 0 Å². The number of hydrogen-bond acceptors (Lipinski definition) is 5. The van der Waals surface area contributed by atoms with Gasteiger partial charge in [0.15, 0.2) is 0 Å². The van der Waals surface area contributed by atoms with Gasteiger partial charge in [-0.25, -0.2) is 4.98 Å². The molecule has 2 fully saturated rings. The first kappa shape index (κ1) is 16.9. The molecule has 0 bridgehead atoms. The van der Waals surface area contributed by atoms with E-state index in [4.69, 9.17) is 4.74 Å². The molecule has 0 spiro atoms. The van der Waals surface area contributed by atoms with Gasteiger partial charge < -0.3 is 9.64 Å². The Morgan fingerprint density at radius 3 is 2.67 bits per heavy atom. The Hall–Kier alpha value is -1.98. The largest absolute Gasteiger partial charge is 0.472 e. The maximum Gasteiger partial charge on any atom is 0.225 e. The zero-order valence-corrected chi connectivity index (χ0v) is 14.5. The molecule has 1 amide bonds. The van der Waals surface area contributed by atoms with Gasteiger partial charge in [0.2, 0.25) is 11.8 Å². The standard InChI is InChI=1S/C18H25N3O3/c1-12-10-17(20-13(2)19-12)24-16-4-3-9-21(11-16)18(23)14-5-7-15(22)8-6-14/h10,14,16H,3-9,11H2,1-2H3. The number of carbonyl (C=O) groups excluding carboxylic acids is 2. The molecule has 1 aliphatic heterocycles. The summed E-state index contributed by atoms with van der Waals surface area (Å²) in [5, 5.41) is 0. The number of carbonyl (C=O) groups is 2. The van der Waals surface area contributed by atoms with E-state index in [1.807, 2.05) is 24.8 Å². The first-order valence-electron chi connectivity index (χ1n) is 8.80. The van der Waals surface area contributed by atoms with E-state index in [1.54, 1.807) is 0 Å². The van der Waals surface area contributed by atoms with Gasteiger partial charge in [0.1, 0.15) is 17.7 Å². The number of hydrogen-bond donors (Lipinski definition) is 0. The fraction of sp³-hybridized carbons (Fsp3) is 0.667.